The molecule has 1 aromatic carbocycles. The summed E-state index contributed by atoms with van der Waals surface area (Å²) < 4.78 is 28.2. The summed E-state index contributed by atoms with van der Waals surface area (Å²) in [5.41, 5.74) is 0.960. The van der Waals surface area contributed by atoms with Crippen molar-refractivity contribution in [3.63, 3.8) is 0 Å². The van der Waals surface area contributed by atoms with E-state index in [9.17, 15) is 13.6 Å². The van der Waals surface area contributed by atoms with E-state index in [-0.39, 0.29) is 11.7 Å². The van der Waals surface area contributed by atoms with Gasteiger partial charge in [-0.3, -0.25) is 4.79 Å². The molecule has 6 heteroatoms. The Hall–Kier alpha value is -1.69. The Morgan fingerprint density at radius 2 is 2.00 bits per heavy atom. The van der Waals surface area contributed by atoms with Gasteiger partial charge in [0.1, 0.15) is 5.75 Å². The smallest absolute Gasteiger partial charge is 0.387 e. The van der Waals surface area contributed by atoms with Crippen molar-refractivity contribution in [1.82, 2.24) is 10.6 Å². The number of amides is 1. The van der Waals surface area contributed by atoms with E-state index < -0.39 is 6.61 Å². The molecule has 0 bridgehead atoms. The van der Waals surface area contributed by atoms with Gasteiger partial charge >= 0.3 is 6.61 Å². The van der Waals surface area contributed by atoms with E-state index in [2.05, 4.69) is 15.4 Å². The van der Waals surface area contributed by atoms with Gasteiger partial charge in [-0.15, -0.1) is 0 Å². The fourth-order valence-electron chi connectivity index (χ4n) is 1.77. The van der Waals surface area contributed by atoms with E-state index in [4.69, 9.17) is 0 Å². The van der Waals surface area contributed by atoms with Crippen LogP contribution in [0.15, 0.2) is 24.3 Å². The molecule has 1 fully saturated rings. The lowest BCUT2D eigenvalue weighted by molar-refractivity contribution is -0.120. The Balaban J connectivity index is 1.64. The van der Waals surface area contributed by atoms with Crippen LogP contribution in [-0.2, 0) is 11.2 Å². The molecular formula is C14H18F2N2O2. The van der Waals surface area contributed by atoms with Crippen LogP contribution in [0.4, 0.5) is 8.78 Å². The van der Waals surface area contributed by atoms with E-state index in [1.54, 1.807) is 12.1 Å². The Morgan fingerprint density at radius 1 is 1.30 bits per heavy atom. The van der Waals surface area contributed by atoms with Crippen LogP contribution in [0.25, 0.3) is 0 Å². The molecule has 20 heavy (non-hydrogen) atoms. The number of nitrogens with one attached hydrogen (secondary N) is 2. The average Bonchev–Trinajstić information content (AvgIpc) is 3.22. The molecule has 2 N–H and O–H groups in total. The summed E-state index contributed by atoms with van der Waals surface area (Å²) >= 11 is 0. The summed E-state index contributed by atoms with van der Waals surface area (Å²) in [5.74, 6) is 0.121. The van der Waals surface area contributed by atoms with Gasteiger partial charge in [0.2, 0.25) is 5.91 Å². The van der Waals surface area contributed by atoms with Crippen LogP contribution in [0, 0.1) is 0 Å². The van der Waals surface area contributed by atoms with Crippen LogP contribution in [0.5, 0.6) is 5.75 Å². The zero-order chi connectivity index (χ0) is 14.4. The highest BCUT2D eigenvalue weighted by Gasteiger charge is 2.20. The maximum absolute atomic E-state index is 12.0. The first-order valence-corrected chi connectivity index (χ1v) is 6.67. The maximum Gasteiger partial charge on any atom is 0.387 e. The van der Waals surface area contributed by atoms with Crippen LogP contribution in [0.1, 0.15) is 18.4 Å². The summed E-state index contributed by atoms with van der Waals surface area (Å²) in [6.45, 7) is -1.93. The second-order valence-corrected chi connectivity index (χ2v) is 4.78. The first-order valence-electron chi connectivity index (χ1n) is 6.67. The van der Waals surface area contributed by atoms with Gasteiger partial charge in [-0.2, -0.15) is 8.78 Å². The number of ether oxygens (including phenoxy) is 1. The Morgan fingerprint density at radius 3 is 2.60 bits per heavy atom. The predicted octanol–water partition coefficient (Wildman–Crippen LogP) is 1.70. The molecule has 0 aromatic heterocycles. The normalized spacial score (nSPS) is 14.3. The second kappa shape index (κ2) is 7.19. The highest BCUT2D eigenvalue weighted by atomic mass is 19.3. The number of benzene rings is 1. The molecule has 0 radical (unpaired) electrons. The van der Waals surface area contributed by atoms with Crippen molar-refractivity contribution in [2.24, 2.45) is 0 Å². The van der Waals surface area contributed by atoms with Gasteiger partial charge in [0, 0.05) is 12.6 Å². The fourth-order valence-corrected chi connectivity index (χ4v) is 1.77. The average molecular weight is 284 g/mol. The lowest BCUT2D eigenvalue weighted by Gasteiger charge is -2.07. The molecule has 4 nitrogen and oxygen atoms in total. The molecule has 1 amide bonds. The van der Waals surface area contributed by atoms with Crippen LogP contribution in [-0.4, -0.2) is 31.7 Å². The number of rotatable bonds is 8. The van der Waals surface area contributed by atoms with Crippen molar-refractivity contribution in [3.05, 3.63) is 29.8 Å². The van der Waals surface area contributed by atoms with Gasteiger partial charge in [-0.05, 0) is 37.0 Å². The fraction of sp³-hybridized carbons (Fsp3) is 0.500. The summed E-state index contributed by atoms with van der Waals surface area (Å²) in [5, 5.41) is 5.94. The van der Waals surface area contributed by atoms with Gasteiger partial charge in [0.25, 0.3) is 0 Å². The topological polar surface area (TPSA) is 50.4 Å². The SMILES string of the molecule is O=C(CNC1CC1)NCCc1ccc(OC(F)F)cc1. The molecule has 2 rings (SSSR count). The van der Waals surface area contributed by atoms with E-state index in [0.29, 0.717) is 25.6 Å². The van der Waals surface area contributed by atoms with Gasteiger partial charge in [-0.25, -0.2) is 0 Å². The standard InChI is InChI=1S/C14H18F2N2O2/c15-14(16)20-12-5-1-10(2-6-12)7-8-17-13(19)9-18-11-3-4-11/h1-2,5-6,11,14,18H,3-4,7-9H2,(H,17,19). The predicted molar refractivity (Wildman–Crippen MR) is 70.8 cm³/mol. The van der Waals surface area contributed by atoms with Gasteiger partial charge in [0.15, 0.2) is 0 Å². The molecule has 1 aromatic rings. The first-order chi connectivity index (χ1) is 9.63. The summed E-state index contributed by atoms with van der Waals surface area (Å²) in [7, 11) is 0. The molecular weight excluding hydrogens is 266 g/mol. The minimum atomic E-state index is -2.81. The van der Waals surface area contributed by atoms with E-state index in [1.165, 1.54) is 12.1 Å². The minimum Gasteiger partial charge on any atom is -0.435 e. The second-order valence-electron chi connectivity index (χ2n) is 4.78. The van der Waals surface area contributed by atoms with Crippen LogP contribution < -0.4 is 15.4 Å². The molecule has 1 aliphatic carbocycles. The number of carbonyl (C=O) groups excluding carboxylic acids is 1. The Labute approximate surface area is 116 Å². The molecule has 0 atom stereocenters. The molecule has 0 aliphatic heterocycles. The molecule has 1 saturated carbocycles. The monoisotopic (exact) mass is 284 g/mol. The molecule has 0 spiro atoms. The highest BCUT2D eigenvalue weighted by molar-refractivity contribution is 5.78. The summed E-state index contributed by atoms with van der Waals surface area (Å²) in [6.07, 6.45) is 2.96. The number of hydrogen-bond donors (Lipinski definition) is 2. The Bertz CT molecular complexity index is 433. The largest absolute Gasteiger partial charge is 0.435 e. The highest BCUT2D eigenvalue weighted by Crippen LogP contribution is 2.18. The van der Waals surface area contributed by atoms with E-state index >= 15 is 0 Å². The maximum atomic E-state index is 12.0. The molecule has 110 valence electrons. The summed E-state index contributed by atoms with van der Waals surface area (Å²) in [4.78, 5) is 11.5. The summed E-state index contributed by atoms with van der Waals surface area (Å²) in [6, 6.07) is 6.94. The van der Waals surface area contributed by atoms with Gasteiger partial charge in [-0.1, -0.05) is 12.1 Å². The first kappa shape index (κ1) is 14.7. The van der Waals surface area contributed by atoms with E-state index in [0.717, 1.165) is 18.4 Å². The zero-order valence-electron chi connectivity index (χ0n) is 11.1. The van der Waals surface area contributed by atoms with Crippen LogP contribution >= 0.6 is 0 Å². The number of hydrogen-bond acceptors (Lipinski definition) is 3. The zero-order valence-corrected chi connectivity index (χ0v) is 11.1. The molecule has 0 saturated heterocycles. The number of carbonyl (C=O) groups is 1. The minimum absolute atomic E-state index is 0.0189. The van der Waals surface area contributed by atoms with Gasteiger partial charge in [0.05, 0.1) is 6.54 Å². The quantitative estimate of drug-likeness (QED) is 0.764. The Kier molecular flexibility index (Phi) is 5.29. The molecule has 0 heterocycles. The lowest BCUT2D eigenvalue weighted by atomic mass is 10.1. The van der Waals surface area contributed by atoms with Crippen molar-refractivity contribution in [2.75, 3.05) is 13.1 Å². The molecule has 1 aliphatic rings. The van der Waals surface area contributed by atoms with Crippen LogP contribution in [0.3, 0.4) is 0 Å². The van der Waals surface area contributed by atoms with Crippen molar-refractivity contribution in [1.29, 1.82) is 0 Å². The van der Waals surface area contributed by atoms with Crippen molar-refractivity contribution >= 4 is 5.91 Å². The number of alkyl halides is 2. The van der Waals surface area contributed by atoms with Crippen molar-refractivity contribution < 1.29 is 18.3 Å². The third kappa shape index (κ3) is 5.52. The van der Waals surface area contributed by atoms with E-state index in [1.807, 2.05) is 0 Å². The lowest BCUT2D eigenvalue weighted by Crippen LogP contribution is -2.35. The van der Waals surface area contributed by atoms with Crippen molar-refractivity contribution in [2.45, 2.75) is 31.9 Å². The molecule has 0 unspecified atom stereocenters. The third-order valence-electron chi connectivity index (χ3n) is 3.01. The number of halogens is 2. The van der Waals surface area contributed by atoms with Crippen LogP contribution in [0.2, 0.25) is 0 Å². The van der Waals surface area contributed by atoms with Crippen molar-refractivity contribution in [3.8, 4) is 5.75 Å². The van der Waals surface area contributed by atoms with Gasteiger partial charge < -0.3 is 15.4 Å². The third-order valence-corrected chi connectivity index (χ3v) is 3.01.